The molecular weight excluding hydrogens is 266 g/mol. The Balaban J connectivity index is 1.86. The molecule has 0 radical (unpaired) electrons. The molecule has 2 amide bonds. The molecule has 21 heavy (non-hydrogen) atoms. The second kappa shape index (κ2) is 7.45. The highest BCUT2D eigenvalue weighted by Crippen LogP contribution is 2.21. The molecule has 0 aromatic carbocycles. The summed E-state index contributed by atoms with van der Waals surface area (Å²) in [5.41, 5.74) is 0. The van der Waals surface area contributed by atoms with Crippen LogP contribution in [0.3, 0.4) is 0 Å². The third kappa shape index (κ3) is 4.33. The van der Waals surface area contributed by atoms with Gasteiger partial charge in [-0.1, -0.05) is 0 Å². The average Bonchev–Trinajstić information content (AvgIpc) is 2.84. The predicted octanol–water partition coefficient (Wildman–Crippen LogP) is 1.62. The first-order valence-corrected chi connectivity index (χ1v) is 8.47. The van der Waals surface area contributed by atoms with Crippen molar-refractivity contribution in [2.24, 2.45) is 5.92 Å². The Bertz CT molecular complexity index is 348. The molecule has 2 heterocycles. The van der Waals surface area contributed by atoms with E-state index in [-0.39, 0.29) is 18.2 Å². The molecule has 1 N–H and O–H groups in total. The van der Waals surface area contributed by atoms with Crippen LogP contribution in [0.25, 0.3) is 0 Å². The minimum absolute atomic E-state index is 0.150. The fourth-order valence-electron chi connectivity index (χ4n) is 3.63. The number of amides is 2. The number of urea groups is 1. The smallest absolute Gasteiger partial charge is 0.320 e. The summed E-state index contributed by atoms with van der Waals surface area (Å²) in [6.07, 6.45) is 3.04. The van der Waals surface area contributed by atoms with E-state index >= 15 is 0 Å². The van der Waals surface area contributed by atoms with Gasteiger partial charge >= 0.3 is 6.03 Å². The van der Waals surface area contributed by atoms with Gasteiger partial charge in [0.15, 0.2) is 0 Å². The molecule has 2 aliphatic rings. The van der Waals surface area contributed by atoms with Crippen molar-refractivity contribution in [2.75, 3.05) is 39.3 Å². The maximum atomic E-state index is 12.6. The van der Waals surface area contributed by atoms with Crippen molar-refractivity contribution in [3.63, 3.8) is 0 Å². The van der Waals surface area contributed by atoms with E-state index in [1.165, 1.54) is 6.42 Å². The monoisotopic (exact) mass is 297 g/mol. The minimum atomic E-state index is -0.150. The van der Waals surface area contributed by atoms with Crippen LogP contribution in [0.2, 0.25) is 0 Å². The molecule has 5 nitrogen and oxygen atoms in total. The molecule has 0 aliphatic carbocycles. The normalized spacial score (nSPS) is 27.4. The lowest BCUT2D eigenvalue weighted by atomic mass is 9.97. The van der Waals surface area contributed by atoms with Gasteiger partial charge in [0.2, 0.25) is 0 Å². The Morgan fingerprint density at radius 3 is 2.62 bits per heavy atom. The third-order valence-corrected chi connectivity index (χ3v) is 4.76. The first kappa shape index (κ1) is 16.6. The second-order valence-corrected chi connectivity index (χ2v) is 6.82. The molecule has 2 saturated heterocycles. The van der Waals surface area contributed by atoms with E-state index in [2.05, 4.69) is 18.7 Å². The number of β-amino-alcohol motifs (C(OH)–C–C–N with tert-alkyl or cyclic N) is 1. The summed E-state index contributed by atoms with van der Waals surface area (Å²) in [5, 5.41) is 9.62. The fourth-order valence-corrected chi connectivity index (χ4v) is 3.63. The van der Waals surface area contributed by atoms with Gasteiger partial charge in [0.25, 0.3) is 0 Å². The Labute approximate surface area is 128 Å². The van der Waals surface area contributed by atoms with Gasteiger partial charge < -0.3 is 19.8 Å². The van der Waals surface area contributed by atoms with E-state index < -0.39 is 0 Å². The molecular formula is C16H31N3O2. The van der Waals surface area contributed by atoms with Crippen molar-refractivity contribution >= 4 is 6.03 Å². The van der Waals surface area contributed by atoms with Gasteiger partial charge in [-0.25, -0.2) is 4.79 Å². The van der Waals surface area contributed by atoms with Crippen molar-refractivity contribution in [3.8, 4) is 0 Å². The zero-order chi connectivity index (χ0) is 15.4. The van der Waals surface area contributed by atoms with Gasteiger partial charge in [-0.2, -0.15) is 0 Å². The van der Waals surface area contributed by atoms with Crippen LogP contribution in [0, 0.1) is 5.92 Å². The first-order chi connectivity index (χ1) is 10.0. The van der Waals surface area contributed by atoms with Crippen LogP contribution in [0.1, 0.15) is 40.0 Å². The van der Waals surface area contributed by atoms with Crippen molar-refractivity contribution in [3.05, 3.63) is 0 Å². The van der Waals surface area contributed by atoms with Gasteiger partial charge in [-0.05, 0) is 46.0 Å². The fraction of sp³-hybridized carbons (Fsp3) is 0.938. The zero-order valence-electron chi connectivity index (χ0n) is 13.8. The number of aliphatic hydroxyl groups excluding tert-OH is 1. The summed E-state index contributed by atoms with van der Waals surface area (Å²) in [4.78, 5) is 18.9. The maximum Gasteiger partial charge on any atom is 0.320 e. The number of rotatable bonds is 4. The quantitative estimate of drug-likeness (QED) is 0.857. The minimum Gasteiger partial charge on any atom is -0.392 e. The lowest BCUT2D eigenvalue weighted by molar-refractivity contribution is 0.107. The van der Waals surface area contributed by atoms with E-state index in [1.807, 2.05) is 16.7 Å². The van der Waals surface area contributed by atoms with E-state index in [4.69, 9.17) is 0 Å². The lowest BCUT2D eigenvalue weighted by Gasteiger charge is -2.38. The molecule has 0 saturated carbocycles. The summed E-state index contributed by atoms with van der Waals surface area (Å²) in [7, 11) is 0. The summed E-state index contributed by atoms with van der Waals surface area (Å²) in [6, 6.07) is 0.454. The van der Waals surface area contributed by atoms with Gasteiger partial charge in [0.1, 0.15) is 0 Å². The molecule has 0 bridgehead atoms. The van der Waals surface area contributed by atoms with E-state index in [1.54, 1.807) is 0 Å². The topological polar surface area (TPSA) is 47.0 Å². The number of hydrogen-bond donors (Lipinski definition) is 1. The summed E-state index contributed by atoms with van der Waals surface area (Å²) in [5.74, 6) is 0.555. The van der Waals surface area contributed by atoms with E-state index in [9.17, 15) is 9.90 Å². The van der Waals surface area contributed by atoms with Gasteiger partial charge in [0, 0.05) is 45.3 Å². The van der Waals surface area contributed by atoms with Crippen LogP contribution in [-0.4, -0.2) is 77.3 Å². The Morgan fingerprint density at radius 1 is 1.29 bits per heavy atom. The van der Waals surface area contributed by atoms with Crippen LogP contribution >= 0.6 is 0 Å². The van der Waals surface area contributed by atoms with Crippen LogP contribution < -0.4 is 0 Å². The van der Waals surface area contributed by atoms with Crippen LogP contribution in [0.15, 0.2) is 0 Å². The molecule has 0 spiro atoms. The van der Waals surface area contributed by atoms with E-state index in [0.29, 0.717) is 5.92 Å². The average molecular weight is 297 g/mol. The predicted molar refractivity (Wildman–Crippen MR) is 84.3 cm³/mol. The highest BCUT2D eigenvalue weighted by molar-refractivity contribution is 5.74. The van der Waals surface area contributed by atoms with Gasteiger partial charge in [-0.3, -0.25) is 0 Å². The molecule has 2 unspecified atom stereocenters. The highest BCUT2D eigenvalue weighted by Gasteiger charge is 2.30. The van der Waals surface area contributed by atoms with Crippen molar-refractivity contribution in [1.82, 2.24) is 14.7 Å². The van der Waals surface area contributed by atoms with Crippen LogP contribution in [-0.2, 0) is 0 Å². The molecule has 5 heteroatoms. The number of piperidine rings is 1. The van der Waals surface area contributed by atoms with Crippen LogP contribution in [0.4, 0.5) is 4.79 Å². The largest absolute Gasteiger partial charge is 0.392 e. The van der Waals surface area contributed by atoms with Gasteiger partial charge in [-0.15, -0.1) is 0 Å². The van der Waals surface area contributed by atoms with Gasteiger partial charge in [0.05, 0.1) is 6.10 Å². The Kier molecular flexibility index (Phi) is 5.88. The number of likely N-dealkylation sites (tertiary alicyclic amines) is 2. The summed E-state index contributed by atoms with van der Waals surface area (Å²) in [6.45, 7) is 11.6. The molecule has 2 rings (SSSR count). The maximum absolute atomic E-state index is 12.6. The van der Waals surface area contributed by atoms with E-state index in [0.717, 1.165) is 52.1 Å². The Morgan fingerprint density at radius 2 is 2.05 bits per heavy atom. The molecule has 2 fully saturated rings. The summed E-state index contributed by atoms with van der Waals surface area (Å²) < 4.78 is 0. The molecule has 0 aromatic heterocycles. The molecule has 2 atom stereocenters. The van der Waals surface area contributed by atoms with Crippen molar-refractivity contribution < 1.29 is 9.90 Å². The number of carbonyl (C=O) groups is 1. The molecule has 0 aromatic rings. The first-order valence-electron chi connectivity index (χ1n) is 8.47. The third-order valence-electron chi connectivity index (χ3n) is 4.76. The summed E-state index contributed by atoms with van der Waals surface area (Å²) >= 11 is 0. The number of hydrogen-bond acceptors (Lipinski definition) is 3. The SMILES string of the molecule is CCN(C(=O)N1CCCC(CN2CCC(O)C2)C1)C(C)C. The van der Waals surface area contributed by atoms with Crippen molar-refractivity contribution in [1.29, 1.82) is 0 Å². The molecule has 2 aliphatic heterocycles. The number of aliphatic hydroxyl groups is 1. The lowest BCUT2D eigenvalue weighted by Crippen LogP contribution is -2.51. The zero-order valence-corrected chi connectivity index (χ0v) is 13.8. The highest BCUT2D eigenvalue weighted by atomic mass is 16.3. The number of nitrogens with zero attached hydrogens (tertiary/aromatic N) is 3. The standard InChI is InChI=1S/C16H31N3O2/c1-4-19(13(2)3)16(21)18-8-5-6-14(11-18)10-17-9-7-15(20)12-17/h13-15,20H,4-12H2,1-3H3. The second-order valence-electron chi connectivity index (χ2n) is 6.82. The molecule has 122 valence electrons. The van der Waals surface area contributed by atoms with Crippen molar-refractivity contribution in [2.45, 2.75) is 52.2 Å². The number of carbonyl (C=O) groups excluding carboxylic acids is 1. The Hall–Kier alpha value is -0.810. The van der Waals surface area contributed by atoms with Crippen LogP contribution in [0.5, 0.6) is 0 Å².